The molecule has 0 aliphatic rings. The highest BCUT2D eigenvalue weighted by Gasteiger charge is 2.15. The molecule has 0 aliphatic heterocycles. The van der Waals surface area contributed by atoms with E-state index in [2.05, 4.69) is 27.8 Å². The second-order valence-corrected chi connectivity index (χ2v) is 6.08. The number of hydrogen-bond acceptors (Lipinski definition) is 3. The number of fused-ring (bicyclic) bond motifs is 1. The second-order valence-electron chi connectivity index (χ2n) is 6.08. The molecule has 114 valence electrons. The maximum absolute atomic E-state index is 11.5. The summed E-state index contributed by atoms with van der Waals surface area (Å²) in [6.45, 7) is 8.71. The number of para-hydroxylation sites is 1. The van der Waals surface area contributed by atoms with Crippen molar-refractivity contribution in [2.24, 2.45) is 0 Å². The van der Waals surface area contributed by atoms with Gasteiger partial charge in [-0.2, -0.15) is 0 Å². The normalized spacial score (nSPS) is 11.4. The fraction of sp³-hybridized carbons (Fsp3) is 0.438. The third-order valence-electron chi connectivity index (χ3n) is 2.90. The van der Waals surface area contributed by atoms with Gasteiger partial charge in [-0.05, 0) is 39.8 Å². The van der Waals surface area contributed by atoms with E-state index in [0.717, 1.165) is 16.9 Å². The number of benzene rings is 1. The minimum absolute atomic E-state index is 0.391. The van der Waals surface area contributed by atoms with Crippen LogP contribution in [-0.2, 0) is 4.74 Å². The molecule has 0 unspecified atom stereocenters. The minimum Gasteiger partial charge on any atom is -0.444 e. The fourth-order valence-electron chi connectivity index (χ4n) is 2.12. The van der Waals surface area contributed by atoms with Crippen molar-refractivity contribution in [1.29, 1.82) is 0 Å². The lowest BCUT2D eigenvalue weighted by Gasteiger charge is -2.19. The first-order chi connectivity index (χ1) is 9.85. The van der Waals surface area contributed by atoms with Crippen molar-refractivity contribution in [3.63, 3.8) is 0 Å². The summed E-state index contributed by atoms with van der Waals surface area (Å²) in [6, 6.07) is 8.22. The molecule has 0 aliphatic carbocycles. The van der Waals surface area contributed by atoms with Crippen molar-refractivity contribution in [3.8, 4) is 0 Å². The molecule has 2 aromatic rings. The molecule has 0 fully saturated rings. The summed E-state index contributed by atoms with van der Waals surface area (Å²) in [4.78, 5) is 14.9. The first-order valence-corrected chi connectivity index (χ1v) is 7.14. The van der Waals surface area contributed by atoms with Crippen LogP contribution in [0.15, 0.2) is 24.3 Å². The van der Waals surface area contributed by atoms with E-state index >= 15 is 0 Å². The second kappa shape index (κ2) is 6.08. The Balaban J connectivity index is 1.84. The summed E-state index contributed by atoms with van der Waals surface area (Å²) in [5.74, 6) is 0. The average Bonchev–Trinajstić information content (AvgIpc) is 2.73. The van der Waals surface area contributed by atoms with Gasteiger partial charge in [0.2, 0.25) is 0 Å². The van der Waals surface area contributed by atoms with Crippen LogP contribution in [-0.4, -0.2) is 29.8 Å². The van der Waals surface area contributed by atoms with Crippen molar-refractivity contribution in [2.45, 2.75) is 33.3 Å². The van der Waals surface area contributed by atoms with Crippen LogP contribution in [0, 0.1) is 6.92 Å². The number of ether oxygens (including phenoxy) is 1. The summed E-state index contributed by atoms with van der Waals surface area (Å²) >= 11 is 0. The first-order valence-electron chi connectivity index (χ1n) is 7.14. The van der Waals surface area contributed by atoms with E-state index in [-0.39, 0.29) is 0 Å². The number of aromatic amines is 1. The molecule has 1 aromatic heterocycles. The molecule has 1 aromatic carbocycles. The molecule has 5 heteroatoms. The van der Waals surface area contributed by atoms with Gasteiger partial charge in [-0.25, -0.2) is 4.79 Å². The van der Waals surface area contributed by atoms with E-state index in [9.17, 15) is 4.79 Å². The van der Waals surface area contributed by atoms with E-state index in [1.807, 2.05) is 39.8 Å². The number of H-pyrrole nitrogens is 1. The zero-order valence-electron chi connectivity index (χ0n) is 13.0. The molecule has 0 saturated carbocycles. The number of carbonyl (C=O) groups excluding carboxylic acids is 1. The Bertz CT molecular complexity index is 626. The third kappa shape index (κ3) is 4.41. The van der Waals surface area contributed by atoms with Crippen LogP contribution in [0.5, 0.6) is 0 Å². The molecular weight excluding hydrogens is 266 g/mol. The van der Waals surface area contributed by atoms with Crippen LogP contribution >= 0.6 is 0 Å². The highest BCUT2D eigenvalue weighted by molar-refractivity contribution is 5.91. The Kier molecular flexibility index (Phi) is 4.40. The van der Waals surface area contributed by atoms with Crippen molar-refractivity contribution in [2.75, 3.05) is 18.4 Å². The molecule has 0 radical (unpaired) electrons. The number of carbonyl (C=O) groups is 1. The first kappa shape index (κ1) is 15.2. The van der Waals surface area contributed by atoms with Crippen molar-refractivity contribution in [1.82, 2.24) is 10.3 Å². The van der Waals surface area contributed by atoms with Gasteiger partial charge in [0.05, 0.1) is 11.2 Å². The van der Waals surface area contributed by atoms with Gasteiger partial charge in [-0.3, -0.25) is 0 Å². The van der Waals surface area contributed by atoms with Gasteiger partial charge in [-0.1, -0.05) is 12.1 Å². The maximum Gasteiger partial charge on any atom is 0.407 e. The average molecular weight is 289 g/mol. The Morgan fingerprint density at radius 1 is 1.29 bits per heavy atom. The number of hydrogen-bond donors (Lipinski definition) is 3. The SMILES string of the molecule is Cc1cc2cccc(NCCNC(=O)OC(C)(C)C)c2[nH]1. The fourth-order valence-corrected chi connectivity index (χ4v) is 2.12. The van der Waals surface area contributed by atoms with Crippen molar-refractivity contribution in [3.05, 3.63) is 30.0 Å². The lowest BCUT2D eigenvalue weighted by atomic mass is 10.2. The molecular formula is C16H23N3O2. The molecule has 0 atom stereocenters. The zero-order chi connectivity index (χ0) is 15.5. The Morgan fingerprint density at radius 2 is 2.05 bits per heavy atom. The number of aryl methyl sites for hydroxylation is 1. The Hall–Kier alpha value is -2.17. The molecule has 3 N–H and O–H groups in total. The topological polar surface area (TPSA) is 66.2 Å². The van der Waals surface area contributed by atoms with E-state index in [1.165, 1.54) is 5.39 Å². The van der Waals surface area contributed by atoms with Gasteiger partial charge >= 0.3 is 6.09 Å². The number of aromatic nitrogens is 1. The van der Waals surface area contributed by atoms with Crippen molar-refractivity contribution >= 4 is 22.7 Å². The van der Waals surface area contributed by atoms with E-state index in [0.29, 0.717) is 13.1 Å². The third-order valence-corrected chi connectivity index (χ3v) is 2.90. The summed E-state index contributed by atoms with van der Waals surface area (Å²) < 4.78 is 5.18. The number of rotatable bonds is 4. The number of alkyl carbamates (subject to hydrolysis) is 1. The quantitative estimate of drug-likeness (QED) is 0.756. The van der Waals surface area contributed by atoms with Gasteiger partial charge in [-0.15, -0.1) is 0 Å². The van der Waals surface area contributed by atoms with Crippen LogP contribution < -0.4 is 10.6 Å². The molecule has 0 bridgehead atoms. The summed E-state index contributed by atoms with van der Waals surface area (Å²) in [7, 11) is 0. The van der Waals surface area contributed by atoms with Crippen LogP contribution in [0.3, 0.4) is 0 Å². The molecule has 0 saturated heterocycles. The monoisotopic (exact) mass is 289 g/mol. The molecule has 2 rings (SSSR count). The van der Waals surface area contributed by atoms with Gasteiger partial charge in [0, 0.05) is 24.2 Å². The number of nitrogens with one attached hydrogen (secondary N) is 3. The largest absolute Gasteiger partial charge is 0.444 e. The predicted molar refractivity (Wildman–Crippen MR) is 85.8 cm³/mol. The molecule has 21 heavy (non-hydrogen) atoms. The standard InChI is InChI=1S/C16H23N3O2/c1-11-10-12-6-5-7-13(14(12)19-11)17-8-9-18-15(20)21-16(2,3)4/h5-7,10,17,19H,8-9H2,1-4H3,(H,18,20). The number of amides is 1. The molecule has 1 amide bonds. The lowest BCUT2D eigenvalue weighted by Crippen LogP contribution is -2.35. The smallest absolute Gasteiger partial charge is 0.407 e. The molecule has 5 nitrogen and oxygen atoms in total. The summed E-state index contributed by atoms with van der Waals surface area (Å²) in [6.07, 6.45) is -0.391. The minimum atomic E-state index is -0.467. The van der Waals surface area contributed by atoms with Gasteiger partial charge in [0.15, 0.2) is 0 Å². The summed E-state index contributed by atoms with van der Waals surface area (Å²) in [5.41, 5.74) is 2.79. The number of anilines is 1. The summed E-state index contributed by atoms with van der Waals surface area (Å²) in [5, 5.41) is 7.22. The van der Waals surface area contributed by atoms with Gasteiger partial charge < -0.3 is 20.4 Å². The van der Waals surface area contributed by atoms with E-state index in [1.54, 1.807) is 0 Å². The Labute approximate surface area is 125 Å². The lowest BCUT2D eigenvalue weighted by molar-refractivity contribution is 0.0530. The highest BCUT2D eigenvalue weighted by atomic mass is 16.6. The predicted octanol–water partition coefficient (Wildman–Crippen LogP) is 3.41. The van der Waals surface area contributed by atoms with Gasteiger partial charge in [0.25, 0.3) is 0 Å². The van der Waals surface area contributed by atoms with Gasteiger partial charge in [0.1, 0.15) is 5.60 Å². The maximum atomic E-state index is 11.5. The zero-order valence-corrected chi connectivity index (χ0v) is 13.0. The Morgan fingerprint density at radius 3 is 2.76 bits per heavy atom. The van der Waals surface area contributed by atoms with Crippen LogP contribution in [0.25, 0.3) is 10.9 Å². The van der Waals surface area contributed by atoms with Crippen LogP contribution in [0.2, 0.25) is 0 Å². The van der Waals surface area contributed by atoms with Crippen LogP contribution in [0.1, 0.15) is 26.5 Å². The van der Waals surface area contributed by atoms with Crippen LogP contribution in [0.4, 0.5) is 10.5 Å². The molecule has 0 spiro atoms. The van der Waals surface area contributed by atoms with E-state index in [4.69, 9.17) is 4.74 Å². The molecule has 1 heterocycles. The highest BCUT2D eigenvalue weighted by Crippen LogP contribution is 2.23. The van der Waals surface area contributed by atoms with Crippen molar-refractivity contribution < 1.29 is 9.53 Å². The van der Waals surface area contributed by atoms with E-state index < -0.39 is 11.7 Å².